The summed E-state index contributed by atoms with van der Waals surface area (Å²) in [4.78, 5) is 3.90. The molecule has 1 unspecified atom stereocenters. The Kier molecular flexibility index (Phi) is 6.49. The molecule has 0 bridgehead atoms. The second-order valence-electron chi connectivity index (χ2n) is 6.08. The molecule has 20 heavy (non-hydrogen) atoms. The number of nitrogens with zero attached hydrogens (tertiary/aromatic N) is 1. The lowest BCUT2D eigenvalue weighted by atomic mass is 9.81. The average Bonchev–Trinajstić information content (AvgIpc) is 2.92. The van der Waals surface area contributed by atoms with Crippen LogP contribution in [0.25, 0.3) is 0 Å². The fraction of sp³-hybridized carbons (Fsp3) is 0.750. The molecule has 1 aromatic rings. The van der Waals surface area contributed by atoms with Crippen LogP contribution in [0.15, 0.2) is 17.5 Å². The second kappa shape index (κ2) is 8.13. The summed E-state index contributed by atoms with van der Waals surface area (Å²) in [5.41, 5.74) is 0.291. The van der Waals surface area contributed by atoms with Gasteiger partial charge in [-0.15, -0.1) is 11.3 Å². The Hall–Kier alpha value is -0.420. The van der Waals surface area contributed by atoms with Gasteiger partial charge in [-0.1, -0.05) is 13.0 Å². The van der Waals surface area contributed by atoms with E-state index in [0.717, 1.165) is 39.4 Å². The maximum atomic E-state index is 5.79. The summed E-state index contributed by atoms with van der Waals surface area (Å²) in [6.07, 6.45) is 3.67. The van der Waals surface area contributed by atoms with Gasteiger partial charge >= 0.3 is 0 Å². The van der Waals surface area contributed by atoms with Crippen molar-refractivity contribution in [2.75, 3.05) is 39.9 Å². The third kappa shape index (κ3) is 4.85. The minimum Gasteiger partial charge on any atom is -0.381 e. The average molecular weight is 296 g/mol. The van der Waals surface area contributed by atoms with Crippen molar-refractivity contribution >= 4 is 11.3 Å². The number of hydrogen-bond acceptors (Lipinski definition) is 4. The first-order valence-corrected chi connectivity index (χ1v) is 8.61. The Bertz CT molecular complexity index is 361. The Labute approximate surface area is 127 Å². The molecule has 2 rings (SSSR count). The molecule has 1 saturated heterocycles. The standard InChI is InChI=1S/C16H28N2OS/c1-3-8-17-12-16(7-5-9-19-14-16)13-18(2)11-15-6-4-10-20-15/h4,6,10,17H,3,5,7-9,11-14H2,1-2H3. The lowest BCUT2D eigenvalue weighted by Crippen LogP contribution is -2.48. The molecule has 0 radical (unpaired) electrons. The van der Waals surface area contributed by atoms with Crippen LogP contribution in [-0.4, -0.2) is 44.8 Å². The van der Waals surface area contributed by atoms with E-state index >= 15 is 0 Å². The van der Waals surface area contributed by atoms with Crippen molar-refractivity contribution in [2.45, 2.75) is 32.7 Å². The Morgan fingerprint density at radius 1 is 1.50 bits per heavy atom. The lowest BCUT2D eigenvalue weighted by molar-refractivity contribution is -0.0235. The molecule has 1 aromatic heterocycles. The molecular weight excluding hydrogens is 268 g/mol. The highest BCUT2D eigenvalue weighted by Gasteiger charge is 2.33. The summed E-state index contributed by atoms with van der Waals surface area (Å²) in [5.74, 6) is 0. The number of ether oxygens (including phenoxy) is 1. The predicted octanol–water partition coefficient (Wildman–Crippen LogP) is 2.98. The van der Waals surface area contributed by atoms with Gasteiger partial charge in [-0.2, -0.15) is 0 Å². The molecule has 0 saturated carbocycles. The van der Waals surface area contributed by atoms with Crippen LogP contribution in [0.1, 0.15) is 31.1 Å². The summed E-state index contributed by atoms with van der Waals surface area (Å²) >= 11 is 1.85. The van der Waals surface area contributed by atoms with E-state index in [2.05, 4.69) is 41.7 Å². The van der Waals surface area contributed by atoms with Crippen molar-refractivity contribution in [3.63, 3.8) is 0 Å². The van der Waals surface area contributed by atoms with E-state index in [-0.39, 0.29) is 0 Å². The van der Waals surface area contributed by atoms with E-state index in [1.807, 2.05) is 11.3 Å². The normalized spacial score (nSPS) is 23.4. The van der Waals surface area contributed by atoms with Crippen LogP contribution in [0.5, 0.6) is 0 Å². The van der Waals surface area contributed by atoms with Gasteiger partial charge in [0.1, 0.15) is 0 Å². The van der Waals surface area contributed by atoms with Crippen LogP contribution < -0.4 is 5.32 Å². The summed E-state index contributed by atoms with van der Waals surface area (Å²) in [7, 11) is 2.23. The molecule has 0 aromatic carbocycles. The molecule has 0 spiro atoms. The highest BCUT2D eigenvalue weighted by Crippen LogP contribution is 2.29. The van der Waals surface area contributed by atoms with E-state index < -0.39 is 0 Å². The number of nitrogens with one attached hydrogen (secondary N) is 1. The number of hydrogen-bond donors (Lipinski definition) is 1. The van der Waals surface area contributed by atoms with Gasteiger partial charge in [0.25, 0.3) is 0 Å². The minimum atomic E-state index is 0.291. The Morgan fingerprint density at radius 3 is 3.05 bits per heavy atom. The summed E-state index contributed by atoms with van der Waals surface area (Å²) in [5, 5.41) is 5.76. The van der Waals surface area contributed by atoms with Crippen LogP contribution in [0.4, 0.5) is 0 Å². The van der Waals surface area contributed by atoms with Gasteiger partial charge in [-0.05, 0) is 44.3 Å². The Balaban J connectivity index is 1.88. The third-order valence-corrected chi connectivity index (χ3v) is 4.80. The van der Waals surface area contributed by atoms with Gasteiger partial charge in [0.05, 0.1) is 6.61 Å². The molecule has 1 aliphatic rings. The first-order valence-electron chi connectivity index (χ1n) is 7.73. The van der Waals surface area contributed by atoms with E-state index in [1.165, 1.54) is 24.1 Å². The SMILES string of the molecule is CCCNCC1(CN(C)Cc2cccs2)CCCOC1. The van der Waals surface area contributed by atoms with Crippen molar-refractivity contribution in [3.8, 4) is 0 Å². The van der Waals surface area contributed by atoms with Gasteiger partial charge in [0, 0.05) is 36.5 Å². The van der Waals surface area contributed by atoms with E-state index in [0.29, 0.717) is 5.41 Å². The van der Waals surface area contributed by atoms with Crippen LogP contribution in [-0.2, 0) is 11.3 Å². The van der Waals surface area contributed by atoms with Gasteiger partial charge in [0.2, 0.25) is 0 Å². The molecule has 4 heteroatoms. The first-order chi connectivity index (χ1) is 9.74. The topological polar surface area (TPSA) is 24.5 Å². The fourth-order valence-electron chi connectivity index (χ4n) is 3.06. The molecule has 1 aliphatic heterocycles. The van der Waals surface area contributed by atoms with Gasteiger partial charge in [-0.25, -0.2) is 0 Å². The highest BCUT2D eigenvalue weighted by atomic mass is 32.1. The zero-order valence-corrected chi connectivity index (χ0v) is 13.7. The van der Waals surface area contributed by atoms with Crippen molar-refractivity contribution in [1.82, 2.24) is 10.2 Å². The smallest absolute Gasteiger partial charge is 0.0546 e. The molecule has 3 nitrogen and oxygen atoms in total. The fourth-order valence-corrected chi connectivity index (χ4v) is 3.84. The Morgan fingerprint density at radius 2 is 2.40 bits per heavy atom. The zero-order valence-electron chi connectivity index (χ0n) is 12.9. The third-order valence-electron chi connectivity index (χ3n) is 3.94. The summed E-state index contributed by atoms with van der Waals surface area (Å²) in [6, 6.07) is 4.36. The molecule has 0 amide bonds. The van der Waals surface area contributed by atoms with E-state index in [9.17, 15) is 0 Å². The van der Waals surface area contributed by atoms with E-state index in [4.69, 9.17) is 4.74 Å². The maximum Gasteiger partial charge on any atom is 0.0546 e. The van der Waals surface area contributed by atoms with Gasteiger partial charge in [-0.3, -0.25) is 0 Å². The number of thiophene rings is 1. The molecule has 1 fully saturated rings. The largest absolute Gasteiger partial charge is 0.381 e. The second-order valence-corrected chi connectivity index (χ2v) is 7.12. The van der Waals surface area contributed by atoms with Crippen LogP contribution in [0.3, 0.4) is 0 Å². The predicted molar refractivity (Wildman–Crippen MR) is 86.3 cm³/mol. The number of rotatable bonds is 8. The van der Waals surface area contributed by atoms with Crippen molar-refractivity contribution in [3.05, 3.63) is 22.4 Å². The van der Waals surface area contributed by atoms with Crippen molar-refractivity contribution in [2.24, 2.45) is 5.41 Å². The van der Waals surface area contributed by atoms with E-state index in [1.54, 1.807) is 0 Å². The highest BCUT2D eigenvalue weighted by molar-refractivity contribution is 7.09. The molecular formula is C16H28N2OS. The maximum absolute atomic E-state index is 5.79. The molecule has 0 aliphatic carbocycles. The quantitative estimate of drug-likeness (QED) is 0.746. The zero-order chi connectivity index (χ0) is 14.3. The van der Waals surface area contributed by atoms with Crippen molar-refractivity contribution in [1.29, 1.82) is 0 Å². The van der Waals surface area contributed by atoms with Crippen LogP contribution >= 0.6 is 11.3 Å². The lowest BCUT2D eigenvalue weighted by Gasteiger charge is -2.40. The van der Waals surface area contributed by atoms with Crippen molar-refractivity contribution < 1.29 is 4.74 Å². The molecule has 1 atom stereocenters. The minimum absolute atomic E-state index is 0.291. The van der Waals surface area contributed by atoms with Crippen LogP contribution in [0.2, 0.25) is 0 Å². The summed E-state index contributed by atoms with van der Waals surface area (Å²) < 4.78 is 5.79. The monoisotopic (exact) mass is 296 g/mol. The van der Waals surface area contributed by atoms with Gasteiger partial charge in [0.15, 0.2) is 0 Å². The van der Waals surface area contributed by atoms with Gasteiger partial charge < -0.3 is 15.0 Å². The molecule has 114 valence electrons. The molecule has 2 heterocycles. The molecule has 1 N–H and O–H groups in total. The summed E-state index contributed by atoms with van der Waals surface area (Å²) in [6.45, 7) is 8.41. The van der Waals surface area contributed by atoms with Crippen LogP contribution in [0, 0.1) is 5.41 Å². The first kappa shape index (κ1) is 16.0.